The Morgan fingerprint density at radius 1 is 1.07 bits per heavy atom. The number of para-hydroxylation sites is 1. The molecule has 2 heteroatoms. The van der Waals surface area contributed by atoms with E-state index in [0.717, 1.165) is 23.9 Å². The molecule has 0 aliphatic carbocycles. The van der Waals surface area contributed by atoms with Gasteiger partial charge in [0.15, 0.2) is 5.75 Å². The molecule has 0 fully saturated rings. The summed E-state index contributed by atoms with van der Waals surface area (Å²) in [4.78, 5) is 5.89. The lowest BCUT2D eigenvalue weighted by Gasteiger charge is -2.17. The highest BCUT2D eigenvalue weighted by Gasteiger charge is 2.10. The highest BCUT2D eigenvalue weighted by molar-refractivity contribution is 5.39. The normalized spacial score (nSPS) is 10.6. The van der Waals surface area contributed by atoms with Crippen LogP contribution in [0, 0.1) is 13.8 Å². The summed E-state index contributed by atoms with van der Waals surface area (Å²) in [5.74, 6) is 1.03. The fourth-order valence-electron chi connectivity index (χ4n) is 1.50. The van der Waals surface area contributed by atoms with Crippen molar-refractivity contribution in [3.8, 4) is 5.75 Å². The van der Waals surface area contributed by atoms with Gasteiger partial charge in [0.05, 0.1) is 0 Å². The topological polar surface area (TPSA) is 13.7 Å². The summed E-state index contributed by atoms with van der Waals surface area (Å²) < 4.78 is 0. The van der Waals surface area contributed by atoms with E-state index < -0.39 is 0 Å². The Hall–Kier alpha value is -1.02. The summed E-state index contributed by atoms with van der Waals surface area (Å²) in [6.45, 7) is 10.4. The maximum Gasteiger partial charge on any atom is 0.195 e. The molecule has 0 spiro atoms. The molecule has 0 radical (unpaired) electrons. The Morgan fingerprint density at radius 3 is 2.00 bits per heavy atom. The van der Waals surface area contributed by atoms with E-state index in [4.69, 9.17) is 4.84 Å². The molecule has 0 aliphatic heterocycles. The van der Waals surface area contributed by atoms with E-state index in [1.807, 2.05) is 0 Å². The SMILES string of the molecule is CC[NH+](CC)Oc1c(C)cccc1C. The van der Waals surface area contributed by atoms with Crippen LogP contribution >= 0.6 is 0 Å². The zero-order chi connectivity index (χ0) is 10.6. The minimum atomic E-state index is 0.990. The van der Waals surface area contributed by atoms with E-state index in [0.29, 0.717) is 0 Å². The number of quaternary nitrogens is 1. The molecule has 0 saturated carbocycles. The van der Waals surface area contributed by atoms with Crippen molar-refractivity contribution in [1.29, 1.82) is 0 Å². The van der Waals surface area contributed by atoms with E-state index in [-0.39, 0.29) is 0 Å². The molecular weight excluding hydrogens is 174 g/mol. The Kier molecular flexibility index (Phi) is 3.96. The van der Waals surface area contributed by atoms with Crippen LogP contribution in [0.3, 0.4) is 0 Å². The van der Waals surface area contributed by atoms with E-state index >= 15 is 0 Å². The number of aryl methyl sites for hydroxylation is 2. The fourth-order valence-corrected chi connectivity index (χ4v) is 1.50. The molecule has 0 atom stereocenters. The van der Waals surface area contributed by atoms with Gasteiger partial charge in [0, 0.05) is 0 Å². The average molecular weight is 194 g/mol. The van der Waals surface area contributed by atoms with Gasteiger partial charge in [0.25, 0.3) is 0 Å². The highest BCUT2D eigenvalue weighted by Crippen LogP contribution is 2.20. The monoisotopic (exact) mass is 194 g/mol. The smallest absolute Gasteiger partial charge is 0.195 e. The Balaban J connectivity index is 2.84. The van der Waals surface area contributed by atoms with Gasteiger partial charge < -0.3 is 4.84 Å². The number of hydroxylamine groups is 2. The molecule has 1 aromatic rings. The van der Waals surface area contributed by atoms with Crippen molar-refractivity contribution in [3.05, 3.63) is 29.3 Å². The van der Waals surface area contributed by atoms with Crippen molar-refractivity contribution < 1.29 is 9.90 Å². The van der Waals surface area contributed by atoms with Crippen molar-refractivity contribution >= 4 is 0 Å². The quantitative estimate of drug-likeness (QED) is 0.718. The Morgan fingerprint density at radius 2 is 1.57 bits per heavy atom. The highest BCUT2D eigenvalue weighted by atomic mass is 16.7. The van der Waals surface area contributed by atoms with Gasteiger partial charge in [-0.05, 0) is 38.8 Å². The van der Waals surface area contributed by atoms with E-state index in [2.05, 4.69) is 45.9 Å². The second kappa shape index (κ2) is 5.01. The van der Waals surface area contributed by atoms with Crippen LogP contribution in [0.4, 0.5) is 0 Å². The standard InChI is InChI=1S/C12H19NO/c1-5-13(6-2)14-12-10(3)8-7-9-11(12)4/h7-9H,5-6H2,1-4H3/p+1. The lowest BCUT2D eigenvalue weighted by atomic mass is 10.1. The van der Waals surface area contributed by atoms with Crippen molar-refractivity contribution in [2.24, 2.45) is 0 Å². The van der Waals surface area contributed by atoms with Crippen LogP contribution in [0.5, 0.6) is 5.75 Å². The number of benzene rings is 1. The number of rotatable bonds is 4. The van der Waals surface area contributed by atoms with Gasteiger partial charge in [-0.2, -0.15) is 0 Å². The zero-order valence-corrected chi connectivity index (χ0v) is 9.55. The first-order valence-corrected chi connectivity index (χ1v) is 5.27. The van der Waals surface area contributed by atoms with Crippen LogP contribution in [0.1, 0.15) is 25.0 Å². The molecule has 1 aromatic carbocycles. The summed E-state index contributed by atoms with van der Waals surface area (Å²) in [5.41, 5.74) is 2.42. The van der Waals surface area contributed by atoms with Crippen LogP contribution in [-0.2, 0) is 0 Å². The number of hydrogen-bond acceptors (Lipinski definition) is 1. The lowest BCUT2D eigenvalue weighted by Crippen LogP contribution is -3.13. The molecule has 78 valence electrons. The van der Waals surface area contributed by atoms with Gasteiger partial charge in [0.2, 0.25) is 0 Å². The van der Waals surface area contributed by atoms with Crippen LogP contribution in [0.15, 0.2) is 18.2 Å². The molecule has 0 aliphatic rings. The third-order valence-electron chi connectivity index (χ3n) is 2.44. The van der Waals surface area contributed by atoms with Gasteiger partial charge in [-0.1, -0.05) is 18.2 Å². The Bertz CT molecular complexity index is 272. The third kappa shape index (κ3) is 2.48. The zero-order valence-electron chi connectivity index (χ0n) is 9.55. The van der Waals surface area contributed by atoms with Crippen LogP contribution < -0.4 is 9.90 Å². The van der Waals surface area contributed by atoms with Crippen molar-refractivity contribution in [2.75, 3.05) is 13.1 Å². The first-order valence-electron chi connectivity index (χ1n) is 5.27. The summed E-state index contributed by atoms with van der Waals surface area (Å²) >= 11 is 0. The van der Waals surface area contributed by atoms with Gasteiger partial charge in [-0.15, -0.1) is 5.06 Å². The fraction of sp³-hybridized carbons (Fsp3) is 0.500. The molecule has 2 nitrogen and oxygen atoms in total. The predicted molar refractivity (Wildman–Crippen MR) is 58.6 cm³/mol. The molecule has 0 bridgehead atoms. The molecule has 1 rings (SSSR count). The third-order valence-corrected chi connectivity index (χ3v) is 2.44. The van der Waals surface area contributed by atoms with Crippen molar-refractivity contribution in [1.82, 2.24) is 0 Å². The molecule has 14 heavy (non-hydrogen) atoms. The second-order valence-electron chi connectivity index (χ2n) is 3.57. The summed E-state index contributed by atoms with van der Waals surface area (Å²) in [7, 11) is 0. The maximum absolute atomic E-state index is 5.89. The predicted octanol–water partition coefficient (Wildman–Crippen LogP) is 1.52. The number of hydrogen-bond donors (Lipinski definition) is 1. The molecule has 0 saturated heterocycles. The first kappa shape index (κ1) is 11.1. The molecule has 0 amide bonds. The maximum atomic E-state index is 5.89. The average Bonchev–Trinajstić information content (AvgIpc) is 2.18. The van der Waals surface area contributed by atoms with Gasteiger partial charge in [0.1, 0.15) is 13.1 Å². The largest absolute Gasteiger partial charge is 0.316 e. The van der Waals surface area contributed by atoms with E-state index in [1.54, 1.807) is 0 Å². The van der Waals surface area contributed by atoms with Gasteiger partial charge in [-0.3, -0.25) is 0 Å². The van der Waals surface area contributed by atoms with Crippen molar-refractivity contribution in [2.45, 2.75) is 27.7 Å². The van der Waals surface area contributed by atoms with E-state index in [1.165, 1.54) is 11.1 Å². The molecule has 0 aromatic heterocycles. The van der Waals surface area contributed by atoms with Crippen LogP contribution in [0.25, 0.3) is 0 Å². The number of nitrogens with one attached hydrogen (secondary N) is 1. The van der Waals surface area contributed by atoms with Gasteiger partial charge >= 0.3 is 0 Å². The first-order chi connectivity index (χ1) is 6.69. The van der Waals surface area contributed by atoms with Gasteiger partial charge in [-0.25, -0.2) is 0 Å². The second-order valence-corrected chi connectivity index (χ2v) is 3.57. The summed E-state index contributed by atoms with van der Waals surface area (Å²) in [6.07, 6.45) is 0. The molecular formula is C12H20NO+. The molecule has 0 unspecified atom stereocenters. The van der Waals surface area contributed by atoms with E-state index in [9.17, 15) is 0 Å². The summed E-state index contributed by atoms with van der Waals surface area (Å²) in [6, 6.07) is 6.24. The molecule has 0 heterocycles. The minimum Gasteiger partial charge on any atom is -0.316 e. The lowest BCUT2D eigenvalue weighted by molar-refractivity contribution is -1.06. The molecule has 1 N–H and O–H groups in total. The minimum absolute atomic E-state index is 0.990. The summed E-state index contributed by atoms with van der Waals surface area (Å²) in [5, 5.41) is 1.16. The Labute approximate surface area is 86.4 Å². The van der Waals surface area contributed by atoms with Crippen molar-refractivity contribution in [3.63, 3.8) is 0 Å². The van der Waals surface area contributed by atoms with Crippen LogP contribution in [0.2, 0.25) is 0 Å². The van der Waals surface area contributed by atoms with Crippen LogP contribution in [-0.4, -0.2) is 13.1 Å².